The summed E-state index contributed by atoms with van der Waals surface area (Å²) >= 11 is 0. The van der Waals surface area contributed by atoms with E-state index in [0.29, 0.717) is 6.42 Å². The molecule has 1 heterocycles. The van der Waals surface area contributed by atoms with Crippen LogP contribution in [0.3, 0.4) is 0 Å². The molecule has 0 spiro atoms. The Hall–Kier alpha value is -1.88. The van der Waals surface area contributed by atoms with Crippen LogP contribution < -0.4 is 16.0 Å². The Morgan fingerprint density at radius 3 is 2.64 bits per heavy atom. The van der Waals surface area contributed by atoms with E-state index in [0.717, 1.165) is 49.3 Å². The molecule has 1 aliphatic rings. The molecule has 22 heavy (non-hydrogen) atoms. The van der Waals surface area contributed by atoms with Crippen LogP contribution in [0.1, 0.15) is 38.2 Å². The molecular weight excluding hydrogens is 278 g/mol. The molecule has 1 unspecified atom stereocenters. The number of carbonyl (C=O) groups excluding carboxylic acids is 2. The third-order valence-corrected chi connectivity index (χ3v) is 4.01. The second-order valence-electron chi connectivity index (χ2n) is 5.81. The van der Waals surface area contributed by atoms with Gasteiger partial charge in [-0.1, -0.05) is 13.0 Å². The van der Waals surface area contributed by atoms with Crippen molar-refractivity contribution in [2.24, 2.45) is 5.92 Å². The quantitative estimate of drug-likeness (QED) is 0.783. The zero-order valence-electron chi connectivity index (χ0n) is 13.4. The first-order valence-electron chi connectivity index (χ1n) is 8.03. The minimum Gasteiger partial charge on any atom is -0.326 e. The molecule has 0 saturated carbocycles. The first kappa shape index (κ1) is 16.5. The van der Waals surface area contributed by atoms with E-state index in [1.165, 1.54) is 0 Å². The lowest BCUT2D eigenvalue weighted by molar-refractivity contribution is -0.120. The van der Waals surface area contributed by atoms with Crippen molar-refractivity contribution in [2.75, 3.05) is 23.7 Å². The van der Waals surface area contributed by atoms with Crippen LogP contribution >= 0.6 is 0 Å². The van der Waals surface area contributed by atoms with E-state index in [4.69, 9.17) is 0 Å². The monoisotopic (exact) mass is 303 g/mol. The molecule has 1 aliphatic heterocycles. The molecule has 1 atom stereocenters. The molecule has 1 aromatic carbocycles. The average molecular weight is 303 g/mol. The first-order valence-corrected chi connectivity index (χ1v) is 8.03. The molecule has 5 nitrogen and oxygen atoms in total. The SMILES string of the molecule is CCCC(=O)Nc1cccc(NC(=O)C2CCCNC2)c1C. The van der Waals surface area contributed by atoms with Gasteiger partial charge < -0.3 is 16.0 Å². The van der Waals surface area contributed by atoms with E-state index in [1.54, 1.807) is 0 Å². The minimum atomic E-state index is 0.00515. The normalized spacial score (nSPS) is 17.8. The zero-order chi connectivity index (χ0) is 15.9. The summed E-state index contributed by atoms with van der Waals surface area (Å²) in [4.78, 5) is 24.1. The number of hydrogen-bond acceptors (Lipinski definition) is 3. The highest BCUT2D eigenvalue weighted by atomic mass is 16.2. The smallest absolute Gasteiger partial charge is 0.228 e. The van der Waals surface area contributed by atoms with Gasteiger partial charge >= 0.3 is 0 Å². The summed E-state index contributed by atoms with van der Waals surface area (Å²) < 4.78 is 0. The van der Waals surface area contributed by atoms with E-state index >= 15 is 0 Å². The van der Waals surface area contributed by atoms with Crippen molar-refractivity contribution < 1.29 is 9.59 Å². The third kappa shape index (κ3) is 4.31. The maximum absolute atomic E-state index is 12.3. The maximum atomic E-state index is 12.3. The molecular formula is C17H25N3O2. The Kier molecular flexibility index (Phi) is 5.95. The number of hydrogen-bond donors (Lipinski definition) is 3. The van der Waals surface area contributed by atoms with Crippen molar-refractivity contribution in [3.05, 3.63) is 23.8 Å². The number of rotatable bonds is 5. The molecule has 2 rings (SSSR count). The fraction of sp³-hybridized carbons (Fsp3) is 0.529. The zero-order valence-corrected chi connectivity index (χ0v) is 13.4. The summed E-state index contributed by atoms with van der Waals surface area (Å²) in [6.45, 7) is 5.61. The van der Waals surface area contributed by atoms with Crippen LogP contribution in [0.5, 0.6) is 0 Å². The molecule has 120 valence electrons. The van der Waals surface area contributed by atoms with Gasteiger partial charge in [0, 0.05) is 24.3 Å². The molecule has 1 fully saturated rings. The van der Waals surface area contributed by atoms with Gasteiger partial charge in [0.2, 0.25) is 11.8 Å². The summed E-state index contributed by atoms with van der Waals surface area (Å²) in [6, 6.07) is 5.59. The fourth-order valence-electron chi connectivity index (χ4n) is 2.66. The van der Waals surface area contributed by atoms with Gasteiger partial charge in [-0.05, 0) is 50.4 Å². The largest absolute Gasteiger partial charge is 0.326 e. The second kappa shape index (κ2) is 7.94. The molecule has 0 aromatic heterocycles. The van der Waals surface area contributed by atoms with Crippen molar-refractivity contribution in [3.8, 4) is 0 Å². The standard InChI is InChI=1S/C17H25N3O2/c1-3-6-16(21)19-14-8-4-9-15(12(14)2)20-17(22)13-7-5-10-18-11-13/h4,8-9,13,18H,3,5-7,10-11H2,1-2H3,(H,19,21)(H,20,22). The van der Waals surface area contributed by atoms with Gasteiger partial charge in [0.15, 0.2) is 0 Å². The van der Waals surface area contributed by atoms with Crippen LogP contribution in [0.2, 0.25) is 0 Å². The number of carbonyl (C=O) groups is 2. The molecule has 2 amide bonds. The van der Waals surface area contributed by atoms with E-state index in [9.17, 15) is 9.59 Å². The van der Waals surface area contributed by atoms with Gasteiger partial charge in [0.25, 0.3) is 0 Å². The van der Waals surface area contributed by atoms with Crippen LogP contribution in [-0.4, -0.2) is 24.9 Å². The fourth-order valence-corrected chi connectivity index (χ4v) is 2.66. The van der Waals surface area contributed by atoms with Crippen molar-refractivity contribution in [1.82, 2.24) is 5.32 Å². The van der Waals surface area contributed by atoms with Crippen LogP contribution in [0, 0.1) is 12.8 Å². The predicted octanol–water partition coefficient (Wildman–Crippen LogP) is 2.67. The van der Waals surface area contributed by atoms with Gasteiger partial charge in [-0.2, -0.15) is 0 Å². The first-order chi connectivity index (χ1) is 10.6. The van der Waals surface area contributed by atoms with Gasteiger partial charge in [-0.3, -0.25) is 9.59 Å². The van der Waals surface area contributed by atoms with E-state index in [1.807, 2.05) is 32.0 Å². The van der Waals surface area contributed by atoms with E-state index in [-0.39, 0.29) is 17.7 Å². The maximum Gasteiger partial charge on any atom is 0.228 e. The highest BCUT2D eigenvalue weighted by Crippen LogP contribution is 2.24. The molecule has 1 aromatic rings. The highest BCUT2D eigenvalue weighted by molar-refractivity contribution is 5.96. The summed E-state index contributed by atoms with van der Waals surface area (Å²) in [5, 5.41) is 9.15. The Labute approximate surface area is 131 Å². The number of amides is 2. The van der Waals surface area contributed by atoms with E-state index in [2.05, 4.69) is 16.0 Å². The highest BCUT2D eigenvalue weighted by Gasteiger charge is 2.21. The summed E-state index contributed by atoms with van der Waals surface area (Å²) in [7, 11) is 0. The van der Waals surface area contributed by atoms with Crippen molar-refractivity contribution in [1.29, 1.82) is 0 Å². The van der Waals surface area contributed by atoms with Crippen molar-refractivity contribution in [3.63, 3.8) is 0 Å². The van der Waals surface area contributed by atoms with Gasteiger partial charge in [0.05, 0.1) is 5.92 Å². The van der Waals surface area contributed by atoms with Crippen molar-refractivity contribution >= 4 is 23.2 Å². The lowest BCUT2D eigenvalue weighted by atomic mass is 9.98. The minimum absolute atomic E-state index is 0.00515. The third-order valence-electron chi connectivity index (χ3n) is 4.01. The molecule has 0 aliphatic carbocycles. The summed E-state index contributed by atoms with van der Waals surface area (Å²) in [6.07, 6.45) is 3.27. The van der Waals surface area contributed by atoms with Crippen LogP contribution in [0.25, 0.3) is 0 Å². The lowest BCUT2D eigenvalue weighted by Crippen LogP contribution is -2.37. The number of piperidine rings is 1. The van der Waals surface area contributed by atoms with E-state index < -0.39 is 0 Å². The Balaban J connectivity index is 2.04. The topological polar surface area (TPSA) is 70.2 Å². The van der Waals surface area contributed by atoms with Crippen LogP contribution in [0.15, 0.2) is 18.2 Å². The summed E-state index contributed by atoms with van der Waals surface area (Å²) in [5.74, 6) is 0.0735. The number of anilines is 2. The Morgan fingerprint density at radius 1 is 1.27 bits per heavy atom. The molecule has 0 radical (unpaired) electrons. The average Bonchev–Trinajstić information content (AvgIpc) is 2.52. The molecule has 1 saturated heterocycles. The van der Waals surface area contributed by atoms with Crippen LogP contribution in [-0.2, 0) is 9.59 Å². The Morgan fingerprint density at radius 2 is 2.00 bits per heavy atom. The van der Waals surface area contributed by atoms with Crippen LogP contribution in [0.4, 0.5) is 11.4 Å². The number of nitrogens with one attached hydrogen (secondary N) is 3. The predicted molar refractivity (Wildman–Crippen MR) is 88.9 cm³/mol. The lowest BCUT2D eigenvalue weighted by Gasteiger charge is -2.22. The molecule has 5 heteroatoms. The Bertz CT molecular complexity index is 537. The van der Waals surface area contributed by atoms with Crippen molar-refractivity contribution in [2.45, 2.75) is 39.5 Å². The van der Waals surface area contributed by atoms with Gasteiger partial charge in [-0.25, -0.2) is 0 Å². The van der Waals surface area contributed by atoms with Gasteiger partial charge in [-0.15, -0.1) is 0 Å². The molecule has 0 bridgehead atoms. The molecule has 3 N–H and O–H groups in total. The number of benzene rings is 1. The second-order valence-corrected chi connectivity index (χ2v) is 5.81. The summed E-state index contributed by atoms with van der Waals surface area (Å²) in [5.41, 5.74) is 2.42. The van der Waals surface area contributed by atoms with Gasteiger partial charge in [0.1, 0.15) is 0 Å².